The van der Waals surface area contributed by atoms with Crippen LogP contribution in [0.3, 0.4) is 0 Å². The van der Waals surface area contributed by atoms with Gasteiger partial charge in [0.25, 0.3) is 0 Å². The molecule has 0 aromatic carbocycles. The van der Waals surface area contributed by atoms with Crippen molar-refractivity contribution in [3.05, 3.63) is 115 Å². The number of hydrogen-bond donors (Lipinski definition) is 0. The van der Waals surface area contributed by atoms with Gasteiger partial charge in [-0.2, -0.15) is 0 Å². The zero-order valence-electron chi connectivity index (χ0n) is 22.8. The molecule has 0 aliphatic carbocycles. The molecule has 7 aromatic rings. The summed E-state index contributed by atoms with van der Waals surface area (Å²) in [6.07, 6.45) is 3.92. The molecule has 0 spiro atoms. The number of hydrogen-bond acceptors (Lipinski definition) is 10. The molecule has 8 nitrogen and oxygen atoms in total. The van der Waals surface area contributed by atoms with Crippen molar-refractivity contribution in [3.8, 4) is 20.9 Å². The van der Waals surface area contributed by atoms with Crippen molar-refractivity contribution < 1.29 is 21.1 Å². The van der Waals surface area contributed by atoms with Gasteiger partial charge in [-0.25, -0.2) is 9.97 Å². The van der Waals surface area contributed by atoms with Crippen LogP contribution in [-0.2, 0) is 21.1 Å². The normalized spacial score (nSPS) is 12.5. The molecule has 2 aliphatic heterocycles. The summed E-state index contributed by atoms with van der Waals surface area (Å²) in [7, 11) is 0. The van der Waals surface area contributed by atoms with Gasteiger partial charge in [0, 0.05) is 64.4 Å². The molecule has 0 fully saturated rings. The zero-order chi connectivity index (χ0) is 29.0. The molecule has 9 rings (SSSR count). The number of rotatable bonds is 4. The monoisotopic (exact) mass is 835 g/mol. The van der Waals surface area contributed by atoms with E-state index in [9.17, 15) is 0 Å². The standard InChI is InChI=1S/C32H16N8S4.Pt/c1-5-21(41-9-1)17-13-25-33-29(17)37-26-14-18(22-6-2-10-42-22)31(34-26)39-28-16-20(24-8-4-12-44-24)32(36-28)40-27-15-19(30(35-27)38-25)23-7-3-11-43-23;/h1-16H;/q-2;+2. The Labute approximate surface area is 286 Å². The van der Waals surface area contributed by atoms with E-state index in [2.05, 4.69) is 24.3 Å². The molecule has 9 heterocycles. The first kappa shape index (κ1) is 28.3. The first-order chi connectivity index (χ1) is 21.7. The molecule has 0 amide bonds. The number of nitrogens with zero attached hydrogens (tertiary/aromatic N) is 8. The second kappa shape index (κ2) is 11.6. The Morgan fingerprint density at radius 3 is 1.24 bits per heavy atom. The zero-order valence-corrected chi connectivity index (χ0v) is 28.3. The quantitative estimate of drug-likeness (QED) is 0.176. The Morgan fingerprint density at radius 2 is 0.867 bits per heavy atom. The van der Waals surface area contributed by atoms with Gasteiger partial charge in [-0.3, -0.25) is 0 Å². The molecule has 13 heteroatoms. The predicted octanol–water partition coefficient (Wildman–Crippen LogP) is 7.91. The molecule has 7 aromatic heterocycles. The van der Waals surface area contributed by atoms with Crippen LogP contribution in [0, 0.1) is 0 Å². The fourth-order valence-electron chi connectivity index (χ4n) is 5.04. The van der Waals surface area contributed by atoms with Crippen LogP contribution in [0.2, 0.25) is 0 Å². The van der Waals surface area contributed by atoms with Crippen molar-refractivity contribution in [3.63, 3.8) is 0 Å². The van der Waals surface area contributed by atoms with E-state index in [-0.39, 0.29) is 21.1 Å². The van der Waals surface area contributed by atoms with Gasteiger partial charge in [-0.05, 0) is 70.1 Å². The molecule has 8 bridgehead atoms. The van der Waals surface area contributed by atoms with E-state index in [4.69, 9.17) is 39.9 Å². The van der Waals surface area contributed by atoms with Gasteiger partial charge in [0.1, 0.15) is 0 Å². The molecular weight excluding hydrogens is 820 g/mol. The van der Waals surface area contributed by atoms with Gasteiger partial charge in [0.15, 0.2) is 0 Å². The Hall–Kier alpha value is -4.19. The second-order valence-electron chi connectivity index (χ2n) is 9.76. The van der Waals surface area contributed by atoms with Gasteiger partial charge in [-0.1, -0.05) is 24.3 Å². The smallest absolute Gasteiger partial charge is 0.358 e. The maximum atomic E-state index is 4.94. The van der Waals surface area contributed by atoms with E-state index in [1.165, 1.54) is 0 Å². The van der Waals surface area contributed by atoms with E-state index in [0.717, 1.165) is 41.8 Å². The van der Waals surface area contributed by atoms with Gasteiger partial charge in [-0.15, -0.1) is 45.3 Å². The Balaban J connectivity index is 0.00000300. The number of thiophene rings is 4. The van der Waals surface area contributed by atoms with Crippen molar-refractivity contribution in [1.29, 1.82) is 0 Å². The van der Waals surface area contributed by atoms with Crippen LogP contribution >= 0.6 is 45.3 Å². The van der Waals surface area contributed by atoms with Crippen molar-refractivity contribution in [1.82, 2.24) is 39.9 Å². The van der Waals surface area contributed by atoms with Crippen LogP contribution < -0.4 is 9.97 Å². The predicted molar refractivity (Wildman–Crippen MR) is 179 cm³/mol. The maximum absolute atomic E-state index is 4.94. The third-order valence-corrected chi connectivity index (χ3v) is 10.6. The Kier molecular flexibility index (Phi) is 7.31. The molecule has 0 unspecified atom stereocenters. The SMILES string of the molecule is C1=C(c2cccs2)c2nc1nc1[n-]c(cc1-c1cccs1)nc1nc(nc3[n-]c(cc3-c3cccs3)n2)C=C1c1cccs1.[Pt+2]. The van der Waals surface area contributed by atoms with E-state index in [0.29, 0.717) is 45.9 Å². The fraction of sp³-hybridized carbons (Fsp3) is 0. The third-order valence-electron chi connectivity index (χ3n) is 6.97. The van der Waals surface area contributed by atoms with E-state index in [1.54, 1.807) is 45.3 Å². The maximum Gasteiger partial charge on any atom is 2.00 e. The van der Waals surface area contributed by atoms with Crippen molar-refractivity contribution in [2.75, 3.05) is 0 Å². The van der Waals surface area contributed by atoms with E-state index >= 15 is 0 Å². The molecule has 0 radical (unpaired) electrons. The molecular formula is C32H16N8PtS4. The average Bonchev–Trinajstić information content (AvgIpc) is 3.86. The molecule has 0 saturated heterocycles. The summed E-state index contributed by atoms with van der Waals surface area (Å²) in [5.41, 5.74) is 5.68. The molecule has 0 saturated carbocycles. The van der Waals surface area contributed by atoms with Crippen LogP contribution in [0.25, 0.3) is 66.8 Å². The largest absolute Gasteiger partial charge is 2.00 e. The first-order valence-corrected chi connectivity index (χ1v) is 17.0. The summed E-state index contributed by atoms with van der Waals surface area (Å²) in [5.74, 6) is 2.13. The minimum absolute atomic E-state index is 0. The molecule has 0 atom stereocenters. The second-order valence-corrected chi connectivity index (χ2v) is 13.6. The van der Waals surface area contributed by atoms with Crippen molar-refractivity contribution in [2.24, 2.45) is 0 Å². The van der Waals surface area contributed by atoms with E-state index < -0.39 is 0 Å². The summed E-state index contributed by atoms with van der Waals surface area (Å²) in [6.45, 7) is 0. The summed E-state index contributed by atoms with van der Waals surface area (Å²) < 4.78 is 0. The van der Waals surface area contributed by atoms with Crippen LogP contribution in [0.5, 0.6) is 0 Å². The third kappa shape index (κ3) is 5.28. The van der Waals surface area contributed by atoms with Gasteiger partial charge in [0.05, 0.1) is 23.3 Å². The molecule has 0 N–H and O–H groups in total. The van der Waals surface area contributed by atoms with Crippen LogP contribution in [0.4, 0.5) is 0 Å². The van der Waals surface area contributed by atoms with Crippen LogP contribution in [0.1, 0.15) is 33.1 Å². The first-order valence-electron chi connectivity index (χ1n) is 13.5. The molecule has 2 aliphatic rings. The van der Waals surface area contributed by atoms with Crippen molar-refractivity contribution in [2.45, 2.75) is 0 Å². The van der Waals surface area contributed by atoms with Gasteiger partial charge >= 0.3 is 21.1 Å². The molecule has 45 heavy (non-hydrogen) atoms. The topological polar surface area (TPSA) is 106 Å². The van der Waals surface area contributed by atoms with Crippen LogP contribution in [0.15, 0.2) is 82.2 Å². The minimum Gasteiger partial charge on any atom is -0.358 e. The summed E-state index contributed by atoms with van der Waals surface area (Å²) in [4.78, 5) is 43.4. The Morgan fingerprint density at radius 1 is 0.467 bits per heavy atom. The molecule has 218 valence electrons. The Bertz CT molecular complexity index is 2210. The van der Waals surface area contributed by atoms with Gasteiger partial charge < -0.3 is 29.9 Å². The summed E-state index contributed by atoms with van der Waals surface area (Å²) in [6, 6.07) is 20.2. The van der Waals surface area contributed by atoms with E-state index in [1.807, 2.05) is 70.1 Å². The summed E-state index contributed by atoms with van der Waals surface area (Å²) in [5, 5.41) is 8.16. The minimum atomic E-state index is 0. The average molecular weight is 836 g/mol. The van der Waals surface area contributed by atoms with Crippen LogP contribution in [-0.4, -0.2) is 29.9 Å². The number of aromatic nitrogens is 8. The fourth-order valence-corrected chi connectivity index (χ4v) is 7.99. The summed E-state index contributed by atoms with van der Waals surface area (Å²) >= 11 is 6.51. The number of fused-ring (bicyclic) bond motifs is 8. The van der Waals surface area contributed by atoms with Crippen molar-refractivity contribution >= 4 is 91.2 Å². The van der Waals surface area contributed by atoms with Gasteiger partial charge in [0.2, 0.25) is 0 Å².